The Bertz CT molecular complexity index is 1130. The summed E-state index contributed by atoms with van der Waals surface area (Å²) >= 11 is 0. The second-order valence-corrected chi connectivity index (χ2v) is 8.86. The Hall–Kier alpha value is -3.18. The maximum Gasteiger partial charge on any atom is 0.295 e. The zero-order chi connectivity index (χ0) is 21.3. The highest BCUT2D eigenvalue weighted by Crippen LogP contribution is 2.33. The molecule has 2 aromatic rings. The molecule has 2 heterocycles. The van der Waals surface area contributed by atoms with Gasteiger partial charge in [0.2, 0.25) is 16.8 Å². The number of nitrogens with zero attached hydrogens (tertiary/aromatic N) is 3. The van der Waals surface area contributed by atoms with Crippen molar-refractivity contribution in [2.45, 2.75) is 24.7 Å². The van der Waals surface area contributed by atoms with E-state index in [1.54, 1.807) is 25.1 Å². The summed E-state index contributed by atoms with van der Waals surface area (Å²) < 4.78 is 37.4. The molecule has 0 aliphatic carbocycles. The van der Waals surface area contributed by atoms with E-state index in [-0.39, 0.29) is 23.1 Å². The normalized spacial score (nSPS) is 16.6. The Balaban J connectivity index is 1.59. The molecule has 1 fully saturated rings. The van der Waals surface area contributed by atoms with Gasteiger partial charge < -0.3 is 9.47 Å². The minimum Gasteiger partial charge on any atom is -0.454 e. The highest BCUT2D eigenvalue weighted by atomic mass is 32.2. The maximum atomic E-state index is 12.7. The van der Waals surface area contributed by atoms with Crippen LogP contribution in [-0.4, -0.2) is 43.2 Å². The summed E-state index contributed by atoms with van der Waals surface area (Å²) in [5.74, 6) is 1.24. The summed E-state index contributed by atoms with van der Waals surface area (Å²) in [5, 5.41) is 15.8. The van der Waals surface area contributed by atoms with E-state index in [0.29, 0.717) is 30.3 Å². The van der Waals surface area contributed by atoms with Crippen molar-refractivity contribution >= 4 is 27.1 Å². The van der Waals surface area contributed by atoms with Gasteiger partial charge in [-0.1, -0.05) is 0 Å². The van der Waals surface area contributed by atoms with Gasteiger partial charge >= 0.3 is 0 Å². The van der Waals surface area contributed by atoms with Crippen LogP contribution in [0.5, 0.6) is 11.5 Å². The molecule has 4 rings (SSSR count). The number of nitrogens with one attached hydrogen (secondary N) is 1. The molecule has 0 aromatic heterocycles. The van der Waals surface area contributed by atoms with E-state index < -0.39 is 14.9 Å². The molecule has 11 heteroatoms. The predicted octanol–water partition coefficient (Wildman–Crippen LogP) is 2.94. The van der Waals surface area contributed by atoms with Crippen LogP contribution in [0.3, 0.4) is 0 Å². The molecule has 0 spiro atoms. The molecule has 1 N–H and O–H groups in total. The van der Waals surface area contributed by atoms with Crippen molar-refractivity contribution in [2.24, 2.45) is 5.10 Å². The van der Waals surface area contributed by atoms with Crippen LogP contribution < -0.4 is 14.9 Å². The van der Waals surface area contributed by atoms with Crippen molar-refractivity contribution in [3.8, 4) is 11.5 Å². The second-order valence-electron chi connectivity index (χ2n) is 6.92. The summed E-state index contributed by atoms with van der Waals surface area (Å²) in [6.45, 7) is 2.75. The molecule has 1 saturated heterocycles. The van der Waals surface area contributed by atoms with Gasteiger partial charge in [-0.05, 0) is 50.1 Å². The summed E-state index contributed by atoms with van der Waals surface area (Å²) in [6, 6.07) is 9.11. The van der Waals surface area contributed by atoms with E-state index in [1.165, 1.54) is 16.4 Å². The summed E-state index contributed by atoms with van der Waals surface area (Å²) in [4.78, 5) is 10.8. The third-order valence-corrected chi connectivity index (χ3v) is 6.90. The molecule has 30 heavy (non-hydrogen) atoms. The predicted molar refractivity (Wildman–Crippen MR) is 109 cm³/mol. The van der Waals surface area contributed by atoms with Gasteiger partial charge in [0.05, 0.1) is 15.5 Å². The van der Waals surface area contributed by atoms with Crippen LogP contribution in [0.1, 0.15) is 25.3 Å². The zero-order valence-electron chi connectivity index (χ0n) is 16.2. The maximum absolute atomic E-state index is 12.7. The number of nitro benzene ring substituents is 1. The fraction of sp³-hybridized carbons (Fsp3) is 0.316. The average molecular weight is 432 g/mol. The van der Waals surface area contributed by atoms with E-state index in [1.807, 2.05) is 0 Å². The molecule has 0 atom stereocenters. The highest BCUT2D eigenvalue weighted by molar-refractivity contribution is 7.89. The molecule has 2 aromatic carbocycles. The van der Waals surface area contributed by atoms with Crippen LogP contribution in [0.25, 0.3) is 0 Å². The van der Waals surface area contributed by atoms with Crippen LogP contribution in [0.4, 0.5) is 11.4 Å². The Labute approximate surface area is 173 Å². The lowest BCUT2D eigenvalue weighted by molar-refractivity contribution is -0.384. The molecule has 0 radical (unpaired) electrons. The molecule has 0 unspecified atom stereocenters. The van der Waals surface area contributed by atoms with Gasteiger partial charge in [0.25, 0.3) is 5.69 Å². The molecule has 2 aliphatic rings. The van der Waals surface area contributed by atoms with Crippen LogP contribution in [0, 0.1) is 10.1 Å². The Kier molecular flexibility index (Phi) is 5.31. The first-order valence-corrected chi connectivity index (χ1v) is 10.8. The fourth-order valence-corrected chi connectivity index (χ4v) is 4.86. The summed E-state index contributed by atoms with van der Waals surface area (Å²) in [7, 11) is -3.75. The molecule has 10 nitrogen and oxygen atoms in total. The fourth-order valence-electron chi connectivity index (χ4n) is 3.33. The third kappa shape index (κ3) is 3.81. The van der Waals surface area contributed by atoms with Gasteiger partial charge in [-0.2, -0.15) is 9.41 Å². The first-order valence-electron chi connectivity index (χ1n) is 9.35. The van der Waals surface area contributed by atoms with Crippen molar-refractivity contribution in [3.63, 3.8) is 0 Å². The first-order chi connectivity index (χ1) is 14.4. The molecule has 2 aliphatic heterocycles. The second kappa shape index (κ2) is 7.92. The first kappa shape index (κ1) is 20.1. The lowest BCUT2D eigenvalue weighted by Crippen LogP contribution is -2.27. The number of hydrogen-bond acceptors (Lipinski definition) is 8. The number of ether oxygens (including phenoxy) is 2. The Morgan fingerprint density at radius 2 is 1.87 bits per heavy atom. The number of fused-ring (bicyclic) bond motifs is 1. The monoisotopic (exact) mass is 432 g/mol. The number of nitro groups is 1. The van der Waals surface area contributed by atoms with E-state index in [9.17, 15) is 18.5 Å². The van der Waals surface area contributed by atoms with E-state index in [2.05, 4.69) is 10.5 Å². The van der Waals surface area contributed by atoms with Crippen LogP contribution in [0.15, 0.2) is 46.4 Å². The topological polar surface area (TPSA) is 123 Å². The molecular formula is C19H20N4O6S. The van der Waals surface area contributed by atoms with Gasteiger partial charge in [0, 0.05) is 24.7 Å². The summed E-state index contributed by atoms with van der Waals surface area (Å²) in [6.07, 6.45) is 1.57. The summed E-state index contributed by atoms with van der Waals surface area (Å²) in [5.41, 5.74) is 3.73. The lowest BCUT2D eigenvalue weighted by Gasteiger charge is -2.15. The van der Waals surface area contributed by atoms with E-state index in [0.717, 1.165) is 24.5 Å². The Morgan fingerprint density at radius 3 is 2.60 bits per heavy atom. The van der Waals surface area contributed by atoms with Gasteiger partial charge in [0.15, 0.2) is 11.5 Å². The average Bonchev–Trinajstić information content (AvgIpc) is 3.43. The molecule has 0 saturated carbocycles. The highest BCUT2D eigenvalue weighted by Gasteiger charge is 2.29. The van der Waals surface area contributed by atoms with Gasteiger partial charge in [0.1, 0.15) is 5.69 Å². The van der Waals surface area contributed by atoms with Crippen LogP contribution in [-0.2, 0) is 10.0 Å². The van der Waals surface area contributed by atoms with Crippen molar-refractivity contribution < 1.29 is 22.8 Å². The minimum absolute atomic E-state index is 0.0977. The smallest absolute Gasteiger partial charge is 0.295 e. The number of anilines is 1. The zero-order valence-corrected chi connectivity index (χ0v) is 17.0. The Morgan fingerprint density at radius 1 is 1.13 bits per heavy atom. The third-order valence-electron chi connectivity index (χ3n) is 5.00. The van der Waals surface area contributed by atoms with E-state index in [4.69, 9.17) is 9.47 Å². The number of hydrogen-bond donors (Lipinski definition) is 1. The number of rotatable bonds is 6. The van der Waals surface area contributed by atoms with Gasteiger partial charge in [-0.3, -0.25) is 15.5 Å². The largest absolute Gasteiger partial charge is 0.454 e. The van der Waals surface area contributed by atoms with Crippen molar-refractivity contribution in [1.29, 1.82) is 0 Å². The van der Waals surface area contributed by atoms with Gasteiger partial charge in [-0.25, -0.2) is 8.42 Å². The van der Waals surface area contributed by atoms with E-state index >= 15 is 0 Å². The molecule has 0 amide bonds. The molecule has 158 valence electrons. The van der Waals surface area contributed by atoms with Crippen molar-refractivity contribution in [2.75, 3.05) is 25.3 Å². The molecule has 0 bridgehead atoms. The standard InChI is InChI=1S/C19H20N4O6S/c1-13(14-4-7-18-19(10-14)29-12-28-18)20-21-16-6-5-15(11-17(16)23(24)25)30(26,27)22-8-2-3-9-22/h4-7,10-11,21H,2-3,8-9,12H2,1H3/b20-13+. The van der Waals surface area contributed by atoms with Crippen LogP contribution >= 0.6 is 0 Å². The SMILES string of the molecule is C/C(=N\Nc1ccc(S(=O)(=O)N2CCCC2)cc1[N+](=O)[O-])c1ccc2c(c1)OCO2. The quantitative estimate of drug-likeness (QED) is 0.423. The van der Waals surface area contributed by atoms with Crippen molar-refractivity contribution in [3.05, 3.63) is 52.1 Å². The molecular weight excluding hydrogens is 412 g/mol. The lowest BCUT2D eigenvalue weighted by atomic mass is 10.1. The van der Waals surface area contributed by atoms with Crippen molar-refractivity contribution in [1.82, 2.24) is 4.31 Å². The van der Waals surface area contributed by atoms with Gasteiger partial charge in [-0.15, -0.1) is 0 Å². The number of benzene rings is 2. The number of sulfonamides is 1. The number of hydrazone groups is 1. The van der Waals surface area contributed by atoms with Crippen LogP contribution in [0.2, 0.25) is 0 Å². The minimum atomic E-state index is -3.75.